The zero-order chi connectivity index (χ0) is 25.5. The molecule has 0 atom stereocenters. The second-order valence-corrected chi connectivity index (χ2v) is 15.0. The normalized spacial score (nSPS) is 15.2. The van der Waals surface area contributed by atoms with Crippen LogP contribution in [0.1, 0.15) is 57.2 Å². The summed E-state index contributed by atoms with van der Waals surface area (Å²) >= 11 is 3.12. The van der Waals surface area contributed by atoms with Crippen molar-refractivity contribution in [1.29, 1.82) is 0 Å². The largest absolute Gasteiger partial charge is 0.241 e. The first kappa shape index (κ1) is 23.8. The number of benzene rings is 3. The molecule has 2 heterocycles. The Labute approximate surface area is 220 Å². The van der Waals surface area contributed by atoms with Crippen molar-refractivity contribution < 1.29 is 8.42 Å². The SMILES string of the molecule is CCC(C)(C)c1nc2ccc(S(=O)(=O)c3ccc4nc(-c5ccc6c(c5)CC6(C)C)sc4c3)cc2s1. The highest BCUT2D eigenvalue weighted by Crippen LogP contribution is 2.43. The molecule has 0 saturated heterocycles. The molecule has 0 radical (unpaired) electrons. The standard InChI is InChI=1S/C29H28N2O2S3/c1-6-28(2,3)27-31-23-12-9-20(15-25(23)35-27)36(32,33)19-8-11-22-24(14-19)34-26(30-22)17-7-10-21-18(13-17)16-29(21,4)5/h7-15H,6,16H2,1-5H3. The third-order valence-corrected chi connectivity index (χ3v) is 11.7. The van der Waals surface area contributed by atoms with Crippen LogP contribution in [0.15, 0.2) is 64.4 Å². The van der Waals surface area contributed by atoms with E-state index in [1.807, 2.05) is 12.1 Å². The van der Waals surface area contributed by atoms with Crippen molar-refractivity contribution in [3.05, 3.63) is 70.7 Å². The Morgan fingerprint density at radius 2 is 1.53 bits per heavy atom. The molecule has 5 aromatic rings. The molecule has 0 spiro atoms. The molecule has 3 aromatic carbocycles. The summed E-state index contributed by atoms with van der Waals surface area (Å²) < 4.78 is 28.9. The van der Waals surface area contributed by atoms with Gasteiger partial charge in [0.15, 0.2) is 0 Å². The molecule has 1 aliphatic carbocycles. The summed E-state index contributed by atoms with van der Waals surface area (Å²) in [6, 6.07) is 17.1. The van der Waals surface area contributed by atoms with Crippen molar-refractivity contribution in [2.75, 3.05) is 0 Å². The van der Waals surface area contributed by atoms with E-state index >= 15 is 0 Å². The summed E-state index contributed by atoms with van der Waals surface area (Å²) in [5.41, 5.74) is 5.76. The second-order valence-electron chi connectivity index (χ2n) is 11.0. The van der Waals surface area contributed by atoms with Gasteiger partial charge in [0.2, 0.25) is 9.84 Å². The molecule has 184 valence electrons. The summed E-state index contributed by atoms with van der Waals surface area (Å²) in [5, 5.41) is 1.96. The van der Waals surface area contributed by atoms with Gasteiger partial charge in [0.05, 0.1) is 35.2 Å². The van der Waals surface area contributed by atoms with Gasteiger partial charge in [-0.3, -0.25) is 0 Å². The van der Waals surface area contributed by atoms with Gasteiger partial charge in [0.25, 0.3) is 0 Å². The molecule has 0 bridgehead atoms. The molecule has 2 aromatic heterocycles. The molecule has 6 rings (SSSR count). The van der Waals surface area contributed by atoms with Crippen LogP contribution >= 0.6 is 22.7 Å². The fourth-order valence-electron chi connectivity index (χ4n) is 4.84. The quantitative estimate of drug-likeness (QED) is 0.231. The lowest BCUT2D eigenvalue weighted by atomic mass is 9.66. The molecule has 36 heavy (non-hydrogen) atoms. The van der Waals surface area contributed by atoms with Gasteiger partial charge in [-0.1, -0.05) is 46.8 Å². The van der Waals surface area contributed by atoms with Crippen molar-refractivity contribution in [2.24, 2.45) is 0 Å². The average Bonchev–Trinajstić information content (AvgIpc) is 3.47. The van der Waals surface area contributed by atoms with Gasteiger partial charge >= 0.3 is 0 Å². The molecule has 0 saturated carbocycles. The second kappa shape index (κ2) is 7.94. The van der Waals surface area contributed by atoms with Crippen LogP contribution in [-0.2, 0) is 27.1 Å². The molecule has 0 aliphatic heterocycles. The average molecular weight is 533 g/mol. The van der Waals surface area contributed by atoms with Crippen molar-refractivity contribution in [3.8, 4) is 10.6 Å². The van der Waals surface area contributed by atoms with Crippen molar-refractivity contribution in [2.45, 2.75) is 68.1 Å². The third-order valence-electron chi connectivity index (χ3n) is 7.52. The molecule has 0 unspecified atom stereocenters. The van der Waals surface area contributed by atoms with Crippen LogP contribution in [0.2, 0.25) is 0 Å². The zero-order valence-corrected chi connectivity index (χ0v) is 23.5. The maximum absolute atomic E-state index is 13.6. The van der Waals surface area contributed by atoms with Gasteiger partial charge < -0.3 is 0 Å². The zero-order valence-electron chi connectivity index (χ0n) is 21.0. The van der Waals surface area contributed by atoms with E-state index in [9.17, 15) is 8.42 Å². The van der Waals surface area contributed by atoms with Crippen LogP contribution in [0.4, 0.5) is 0 Å². The lowest BCUT2D eigenvalue weighted by Crippen LogP contribution is -2.32. The maximum atomic E-state index is 13.6. The molecule has 0 amide bonds. The summed E-state index contributed by atoms with van der Waals surface area (Å²) in [6.45, 7) is 11.0. The van der Waals surface area contributed by atoms with Gasteiger partial charge in [-0.05, 0) is 71.8 Å². The van der Waals surface area contributed by atoms with Crippen LogP contribution in [0.5, 0.6) is 0 Å². The first-order valence-corrected chi connectivity index (χ1v) is 15.3. The molecule has 0 fully saturated rings. The van der Waals surface area contributed by atoms with E-state index in [1.54, 1.807) is 46.9 Å². The van der Waals surface area contributed by atoms with E-state index in [2.05, 4.69) is 52.8 Å². The summed E-state index contributed by atoms with van der Waals surface area (Å²) in [4.78, 5) is 10.2. The molecule has 4 nitrogen and oxygen atoms in total. The number of fused-ring (bicyclic) bond motifs is 3. The summed E-state index contributed by atoms with van der Waals surface area (Å²) in [6.07, 6.45) is 2.04. The molecular weight excluding hydrogens is 505 g/mol. The lowest BCUT2D eigenvalue weighted by Gasteiger charge is -2.38. The van der Waals surface area contributed by atoms with E-state index < -0.39 is 9.84 Å². The smallest absolute Gasteiger partial charge is 0.206 e. The Hall–Kier alpha value is -2.61. The number of hydrogen-bond acceptors (Lipinski definition) is 6. The Kier molecular flexibility index (Phi) is 5.24. The minimum Gasteiger partial charge on any atom is -0.241 e. The van der Waals surface area contributed by atoms with E-state index in [0.29, 0.717) is 9.79 Å². The van der Waals surface area contributed by atoms with Gasteiger partial charge in [0, 0.05) is 11.0 Å². The Morgan fingerprint density at radius 1 is 0.889 bits per heavy atom. The molecular formula is C29H28N2O2S3. The van der Waals surface area contributed by atoms with Crippen molar-refractivity contribution in [1.82, 2.24) is 9.97 Å². The van der Waals surface area contributed by atoms with E-state index in [0.717, 1.165) is 48.9 Å². The number of aromatic nitrogens is 2. The number of sulfone groups is 1. The topological polar surface area (TPSA) is 59.9 Å². The first-order valence-electron chi connectivity index (χ1n) is 12.2. The van der Waals surface area contributed by atoms with Gasteiger partial charge in [-0.15, -0.1) is 22.7 Å². The summed E-state index contributed by atoms with van der Waals surface area (Å²) in [7, 11) is -3.67. The number of hydrogen-bond donors (Lipinski definition) is 0. The van der Waals surface area contributed by atoms with Crippen LogP contribution in [-0.4, -0.2) is 18.4 Å². The van der Waals surface area contributed by atoms with Crippen molar-refractivity contribution >= 4 is 52.9 Å². The predicted molar refractivity (Wildman–Crippen MR) is 150 cm³/mol. The van der Waals surface area contributed by atoms with Gasteiger partial charge in [-0.2, -0.15) is 0 Å². The fraction of sp³-hybridized carbons (Fsp3) is 0.310. The lowest BCUT2D eigenvalue weighted by molar-refractivity contribution is 0.455. The van der Waals surface area contributed by atoms with E-state index in [1.165, 1.54) is 11.1 Å². The maximum Gasteiger partial charge on any atom is 0.206 e. The minimum atomic E-state index is -3.67. The van der Waals surface area contributed by atoms with E-state index in [4.69, 9.17) is 9.97 Å². The Balaban J connectivity index is 1.36. The van der Waals surface area contributed by atoms with Crippen LogP contribution in [0.3, 0.4) is 0 Å². The Morgan fingerprint density at radius 3 is 2.14 bits per heavy atom. The van der Waals surface area contributed by atoms with Crippen LogP contribution in [0.25, 0.3) is 31.0 Å². The highest BCUT2D eigenvalue weighted by Gasteiger charge is 2.33. The first-order chi connectivity index (χ1) is 17.0. The fourth-order valence-corrected chi connectivity index (χ4v) is 8.48. The van der Waals surface area contributed by atoms with Crippen molar-refractivity contribution in [3.63, 3.8) is 0 Å². The van der Waals surface area contributed by atoms with Crippen LogP contribution in [0, 0.1) is 0 Å². The van der Waals surface area contributed by atoms with E-state index in [-0.39, 0.29) is 10.8 Å². The number of thiazole rings is 2. The number of nitrogens with zero attached hydrogens (tertiary/aromatic N) is 2. The molecule has 7 heteroatoms. The Bertz CT molecular complexity index is 1780. The minimum absolute atomic E-state index is 0.0342. The van der Waals surface area contributed by atoms with Gasteiger partial charge in [-0.25, -0.2) is 18.4 Å². The number of rotatable bonds is 5. The highest BCUT2D eigenvalue weighted by molar-refractivity contribution is 7.91. The molecule has 0 N–H and O–H groups in total. The van der Waals surface area contributed by atoms with Gasteiger partial charge in [0.1, 0.15) is 5.01 Å². The third kappa shape index (κ3) is 3.71. The summed E-state index contributed by atoms with van der Waals surface area (Å²) in [5.74, 6) is 0. The monoisotopic (exact) mass is 532 g/mol. The molecule has 1 aliphatic rings. The highest BCUT2D eigenvalue weighted by atomic mass is 32.2. The van der Waals surface area contributed by atoms with Crippen LogP contribution < -0.4 is 0 Å². The predicted octanol–water partition coefficient (Wildman–Crippen LogP) is 7.93.